The average molecular weight is 400 g/mol. The Morgan fingerprint density at radius 2 is 1.89 bits per heavy atom. The van der Waals surface area contributed by atoms with E-state index in [1.54, 1.807) is 4.90 Å². The highest BCUT2D eigenvalue weighted by Crippen LogP contribution is 2.53. The highest BCUT2D eigenvalue weighted by atomic mass is 19.4. The average Bonchev–Trinajstić information content (AvgIpc) is 2.59. The number of likely N-dealkylation sites (tertiary alicyclic amines) is 1. The van der Waals surface area contributed by atoms with Crippen molar-refractivity contribution in [3.63, 3.8) is 0 Å². The largest absolute Gasteiger partial charge is 0.492 e. The minimum atomic E-state index is -4.43. The molecule has 1 saturated carbocycles. The molecule has 0 N–H and O–H groups in total. The predicted octanol–water partition coefficient (Wildman–Crippen LogP) is 4.91. The van der Waals surface area contributed by atoms with Gasteiger partial charge in [0.2, 0.25) is 0 Å². The van der Waals surface area contributed by atoms with Crippen molar-refractivity contribution in [1.29, 1.82) is 0 Å². The van der Waals surface area contributed by atoms with E-state index in [2.05, 4.69) is 4.98 Å². The van der Waals surface area contributed by atoms with Gasteiger partial charge in [-0.25, -0.2) is 4.79 Å². The van der Waals surface area contributed by atoms with Gasteiger partial charge in [-0.1, -0.05) is 0 Å². The number of amides is 1. The number of hydrogen-bond donors (Lipinski definition) is 0. The van der Waals surface area contributed by atoms with Crippen LogP contribution in [0.1, 0.15) is 52.0 Å². The van der Waals surface area contributed by atoms with Crippen LogP contribution in [0.3, 0.4) is 0 Å². The van der Waals surface area contributed by atoms with E-state index in [0.717, 1.165) is 37.9 Å². The molecule has 2 aliphatic rings. The van der Waals surface area contributed by atoms with Crippen LogP contribution in [-0.2, 0) is 10.9 Å². The molecule has 8 heteroatoms. The number of nitrogens with zero attached hydrogens (tertiary/aromatic N) is 2. The quantitative estimate of drug-likeness (QED) is 0.724. The number of halogens is 3. The lowest BCUT2D eigenvalue weighted by molar-refractivity contribution is -0.138. The van der Waals surface area contributed by atoms with Crippen molar-refractivity contribution < 1.29 is 27.4 Å². The number of pyridine rings is 1. The molecule has 3 rings (SSSR count). The first-order valence-electron chi connectivity index (χ1n) is 9.62. The van der Waals surface area contributed by atoms with E-state index in [0.29, 0.717) is 19.7 Å². The summed E-state index contributed by atoms with van der Waals surface area (Å²) in [5, 5.41) is 0. The Morgan fingerprint density at radius 3 is 2.43 bits per heavy atom. The minimum absolute atomic E-state index is 0.105. The second-order valence-electron chi connectivity index (χ2n) is 8.78. The smallest absolute Gasteiger partial charge is 0.418 e. The van der Waals surface area contributed by atoms with Gasteiger partial charge in [0.25, 0.3) is 0 Å². The first-order chi connectivity index (χ1) is 13.0. The first kappa shape index (κ1) is 20.7. The van der Waals surface area contributed by atoms with E-state index >= 15 is 0 Å². The molecule has 2 heterocycles. The number of ether oxygens (including phenoxy) is 2. The van der Waals surface area contributed by atoms with Gasteiger partial charge in [0.05, 0.1) is 18.4 Å². The predicted molar refractivity (Wildman–Crippen MR) is 96.9 cm³/mol. The monoisotopic (exact) mass is 400 g/mol. The van der Waals surface area contributed by atoms with Gasteiger partial charge in [0.1, 0.15) is 11.4 Å². The zero-order chi connectivity index (χ0) is 20.6. The van der Waals surface area contributed by atoms with Gasteiger partial charge in [0.15, 0.2) is 0 Å². The van der Waals surface area contributed by atoms with E-state index in [1.165, 1.54) is 6.20 Å². The summed E-state index contributed by atoms with van der Waals surface area (Å²) in [6.07, 6.45) is 1.16. The standard InChI is InChI=1S/C20H27F3N2O3/c1-18(2,3)28-17(26)25-8-6-19(7-9-25)5-4-14(19)13-27-16-10-15(11-24-12-16)20(21,22)23/h10-12,14H,4-9,13H2,1-3H3. The maximum atomic E-state index is 12.8. The van der Waals surface area contributed by atoms with Crippen LogP contribution in [0.15, 0.2) is 18.5 Å². The first-order valence-corrected chi connectivity index (χ1v) is 9.62. The molecule has 1 spiro atoms. The van der Waals surface area contributed by atoms with Crippen molar-refractivity contribution >= 4 is 6.09 Å². The van der Waals surface area contributed by atoms with Crippen LogP contribution in [0, 0.1) is 11.3 Å². The van der Waals surface area contributed by atoms with Gasteiger partial charge in [-0.05, 0) is 63.9 Å². The zero-order valence-corrected chi connectivity index (χ0v) is 16.5. The Hall–Kier alpha value is -1.99. The highest BCUT2D eigenvalue weighted by Gasteiger charge is 2.49. The number of hydrogen-bond acceptors (Lipinski definition) is 4. The van der Waals surface area contributed by atoms with E-state index in [1.807, 2.05) is 20.8 Å². The summed E-state index contributed by atoms with van der Waals surface area (Å²) >= 11 is 0. The molecule has 1 aliphatic carbocycles. The molecule has 1 aromatic heterocycles. The van der Waals surface area contributed by atoms with Crippen molar-refractivity contribution in [3.8, 4) is 5.75 Å². The van der Waals surface area contributed by atoms with E-state index < -0.39 is 17.3 Å². The second kappa shape index (κ2) is 7.44. The van der Waals surface area contributed by atoms with E-state index in [-0.39, 0.29) is 23.2 Å². The number of rotatable bonds is 3. The van der Waals surface area contributed by atoms with Crippen LogP contribution in [-0.4, -0.2) is 41.3 Å². The van der Waals surface area contributed by atoms with Crippen molar-refractivity contribution in [2.45, 2.75) is 58.2 Å². The molecule has 1 atom stereocenters. The zero-order valence-electron chi connectivity index (χ0n) is 16.5. The molecule has 0 bridgehead atoms. The molecule has 1 amide bonds. The third-order valence-electron chi connectivity index (χ3n) is 5.76. The molecule has 28 heavy (non-hydrogen) atoms. The van der Waals surface area contributed by atoms with Crippen LogP contribution >= 0.6 is 0 Å². The maximum Gasteiger partial charge on any atom is 0.418 e. The second-order valence-corrected chi connectivity index (χ2v) is 8.78. The SMILES string of the molecule is CC(C)(C)OC(=O)N1CCC2(CCC2COc2cncc(C(F)(F)F)c2)CC1. The molecule has 1 aromatic rings. The van der Waals surface area contributed by atoms with Crippen LogP contribution < -0.4 is 4.74 Å². The molecule has 0 radical (unpaired) electrons. The lowest BCUT2D eigenvalue weighted by Gasteiger charge is -2.53. The normalized spacial score (nSPS) is 21.9. The van der Waals surface area contributed by atoms with Gasteiger partial charge in [0, 0.05) is 19.3 Å². The minimum Gasteiger partial charge on any atom is -0.492 e. The number of aromatic nitrogens is 1. The van der Waals surface area contributed by atoms with E-state index in [4.69, 9.17) is 9.47 Å². The summed E-state index contributed by atoms with van der Waals surface area (Å²) in [6.45, 7) is 7.18. The van der Waals surface area contributed by atoms with Crippen molar-refractivity contribution in [2.24, 2.45) is 11.3 Å². The van der Waals surface area contributed by atoms with Gasteiger partial charge in [-0.2, -0.15) is 13.2 Å². The Bertz CT molecular complexity index is 707. The van der Waals surface area contributed by atoms with Crippen molar-refractivity contribution in [3.05, 3.63) is 24.0 Å². The molecule has 156 valence electrons. The Balaban J connectivity index is 1.52. The summed E-state index contributed by atoms with van der Waals surface area (Å²) < 4.78 is 49.5. The lowest BCUT2D eigenvalue weighted by atomic mass is 9.56. The Morgan fingerprint density at radius 1 is 1.21 bits per heavy atom. The van der Waals surface area contributed by atoms with Crippen molar-refractivity contribution in [1.82, 2.24) is 9.88 Å². The molecular weight excluding hydrogens is 373 g/mol. The van der Waals surface area contributed by atoms with Crippen molar-refractivity contribution in [2.75, 3.05) is 19.7 Å². The third kappa shape index (κ3) is 4.70. The number of alkyl halides is 3. The van der Waals surface area contributed by atoms with Gasteiger partial charge in [-0.15, -0.1) is 0 Å². The Kier molecular flexibility index (Phi) is 5.51. The highest BCUT2D eigenvalue weighted by molar-refractivity contribution is 5.68. The van der Waals surface area contributed by atoms with E-state index in [9.17, 15) is 18.0 Å². The van der Waals surface area contributed by atoms with Crippen LogP contribution in [0.5, 0.6) is 5.75 Å². The van der Waals surface area contributed by atoms with Crippen LogP contribution in [0.4, 0.5) is 18.0 Å². The molecular formula is C20H27F3N2O3. The maximum absolute atomic E-state index is 12.8. The molecule has 1 aliphatic heterocycles. The Labute approximate surface area is 163 Å². The molecule has 5 nitrogen and oxygen atoms in total. The summed E-state index contributed by atoms with van der Waals surface area (Å²) in [6, 6.07) is 0.990. The fourth-order valence-corrected chi connectivity index (χ4v) is 3.99. The summed E-state index contributed by atoms with van der Waals surface area (Å²) in [5.41, 5.74) is -1.22. The van der Waals surface area contributed by atoms with Gasteiger partial charge in [-0.3, -0.25) is 4.98 Å². The molecule has 1 unspecified atom stereocenters. The third-order valence-corrected chi connectivity index (χ3v) is 5.76. The van der Waals surface area contributed by atoms with Gasteiger partial charge < -0.3 is 14.4 Å². The van der Waals surface area contributed by atoms with Gasteiger partial charge >= 0.3 is 12.3 Å². The fourth-order valence-electron chi connectivity index (χ4n) is 3.99. The van der Waals surface area contributed by atoms with Crippen LogP contribution in [0.2, 0.25) is 0 Å². The van der Waals surface area contributed by atoms with Crippen LogP contribution in [0.25, 0.3) is 0 Å². The molecule has 2 fully saturated rings. The summed E-state index contributed by atoms with van der Waals surface area (Å²) in [4.78, 5) is 17.6. The molecule has 1 saturated heterocycles. The lowest BCUT2D eigenvalue weighted by Crippen LogP contribution is -2.52. The summed E-state index contributed by atoms with van der Waals surface area (Å²) in [5.74, 6) is 0.422. The number of carbonyl (C=O) groups is 1. The number of piperidine rings is 1. The number of carbonyl (C=O) groups excluding carboxylic acids is 1. The molecule has 0 aromatic carbocycles. The fraction of sp³-hybridized carbons (Fsp3) is 0.700. The summed E-state index contributed by atoms with van der Waals surface area (Å²) in [7, 11) is 0. The topological polar surface area (TPSA) is 51.7 Å².